The highest BCUT2D eigenvalue weighted by molar-refractivity contribution is 7.15. The number of nitrogens with one attached hydrogen (secondary N) is 1. The summed E-state index contributed by atoms with van der Waals surface area (Å²) in [6, 6.07) is 12.3. The van der Waals surface area contributed by atoms with Crippen molar-refractivity contribution in [1.82, 2.24) is 0 Å². The Labute approximate surface area is 180 Å². The SMILES string of the molecule is NC(=O)COc1ccc(C2CC(=O)Nc3c2sc(C(=O)O)c3-c2ccc(F)cc2)cc1. The van der Waals surface area contributed by atoms with E-state index in [0.29, 0.717) is 27.4 Å². The van der Waals surface area contributed by atoms with Crippen LogP contribution in [0.25, 0.3) is 11.1 Å². The van der Waals surface area contributed by atoms with Crippen LogP contribution in [0, 0.1) is 5.82 Å². The molecule has 0 bridgehead atoms. The first-order chi connectivity index (χ1) is 14.8. The number of carbonyl (C=O) groups excluding carboxylic acids is 2. The van der Waals surface area contributed by atoms with Crippen molar-refractivity contribution in [1.29, 1.82) is 0 Å². The number of primary amides is 1. The zero-order chi connectivity index (χ0) is 22.1. The number of amides is 2. The Balaban J connectivity index is 1.77. The summed E-state index contributed by atoms with van der Waals surface area (Å²) >= 11 is 1.09. The van der Waals surface area contributed by atoms with Gasteiger partial charge in [0.15, 0.2) is 6.61 Å². The molecule has 0 spiro atoms. The Morgan fingerprint density at radius 3 is 2.45 bits per heavy atom. The zero-order valence-electron chi connectivity index (χ0n) is 16.1. The second kappa shape index (κ2) is 8.19. The van der Waals surface area contributed by atoms with Crippen molar-refractivity contribution in [2.75, 3.05) is 11.9 Å². The van der Waals surface area contributed by atoms with Gasteiger partial charge in [0.1, 0.15) is 16.4 Å². The van der Waals surface area contributed by atoms with E-state index in [1.807, 2.05) is 0 Å². The normalized spacial score (nSPS) is 15.1. The minimum absolute atomic E-state index is 0.0743. The van der Waals surface area contributed by atoms with Gasteiger partial charge in [-0.2, -0.15) is 0 Å². The summed E-state index contributed by atoms with van der Waals surface area (Å²) in [4.78, 5) is 36.1. The summed E-state index contributed by atoms with van der Waals surface area (Å²) in [7, 11) is 0. The van der Waals surface area contributed by atoms with Crippen molar-refractivity contribution in [3.05, 3.63) is 69.7 Å². The van der Waals surface area contributed by atoms with Crippen LogP contribution in [0.2, 0.25) is 0 Å². The van der Waals surface area contributed by atoms with Gasteiger partial charge in [0.2, 0.25) is 5.91 Å². The molecule has 2 heterocycles. The number of hydrogen-bond acceptors (Lipinski definition) is 5. The van der Waals surface area contributed by atoms with E-state index < -0.39 is 17.7 Å². The van der Waals surface area contributed by atoms with Crippen molar-refractivity contribution in [2.24, 2.45) is 5.73 Å². The summed E-state index contributed by atoms with van der Waals surface area (Å²) in [5.41, 5.74) is 7.18. The standard InChI is InChI=1S/C22H17FN2O5S/c23-13-5-1-12(2-6-13)18-19-20(31-21(18)22(28)29)15(9-17(27)25-19)11-3-7-14(8-4-11)30-10-16(24)26/h1-8,15H,9-10H2,(H2,24,26)(H,25,27)(H,28,29). The molecular weight excluding hydrogens is 423 g/mol. The molecule has 0 saturated carbocycles. The maximum atomic E-state index is 13.4. The number of halogens is 1. The van der Waals surface area contributed by atoms with Crippen LogP contribution in [0.15, 0.2) is 48.5 Å². The van der Waals surface area contributed by atoms with Gasteiger partial charge >= 0.3 is 5.97 Å². The maximum Gasteiger partial charge on any atom is 0.346 e. The highest BCUT2D eigenvalue weighted by Crippen LogP contribution is 2.49. The maximum absolute atomic E-state index is 13.4. The van der Waals surface area contributed by atoms with Gasteiger partial charge < -0.3 is 20.9 Å². The number of hydrogen-bond donors (Lipinski definition) is 3. The molecule has 3 aromatic rings. The summed E-state index contributed by atoms with van der Waals surface area (Å²) < 4.78 is 18.6. The van der Waals surface area contributed by atoms with Crippen LogP contribution in [0.3, 0.4) is 0 Å². The van der Waals surface area contributed by atoms with Crippen molar-refractivity contribution in [2.45, 2.75) is 12.3 Å². The molecule has 0 fully saturated rings. The molecular formula is C22H17FN2O5S. The molecule has 0 saturated heterocycles. The first kappa shape index (κ1) is 20.5. The fraction of sp³-hybridized carbons (Fsp3) is 0.136. The fourth-order valence-corrected chi connectivity index (χ4v) is 4.80. The highest BCUT2D eigenvalue weighted by atomic mass is 32.1. The number of benzene rings is 2. The summed E-state index contributed by atoms with van der Waals surface area (Å²) in [6.45, 7) is -0.247. The molecule has 9 heteroatoms. The molecule has 0 aliphatic carbocycles. The van der Waals surface area contributed by atoms with Gasteiger partial charge in [0.05, 0.1) is 5.69 Å². The Kier molecular flexibility index (Phi) is 5.43. The summed E-state index contributed by atoms with van der Waals surface area (Å²) in [5.74, 6) is -2.30. The predicted molar refractivity (Wildman–Crippen MR) is 113 cm³/mol. The third kappa shape index (κ3) is 4.13. The number of thiophene rings is 1. The number of fused-ring (bicyclic) bond motifs is 1. The van der Waals surface area contributed by atoms with Gasteiger partial charge in [-0.05, 0) is 35.4 Å². The third-order valence-corrected chi connectivity index (χ3v) is 6.19. The number of carboxylic acid groups (broad SMARTS) is 1. The monoisotopic (exact) mass is 440 g/mol. The van der Waals surface area contributed by atoms with Crippen LogP contribution in [-0.4, -0.2) is 29.5 Å². The molecule has 31 heavy (non-hydrogen) atoms. The molecule has 158 valence electrons. The van der Waals surface area contributed by atoms with Crippen LogP contribution in [-0.2, 0) is 9.59 Å². The average molecular weight is 440 g/mol. The largest absolute Gasteiger partial charge is 0.484 e. The smallest absolute Gasteiger partial charge is 0.346 e. The minimum atomic E-state index is -1.12. The Bertz CT molecular complexity index is 1170. The quantitative estimate of drug-likeness (QED) is 0.541. The summed E-state index contributed by atoms with van der Waals surface area (Å²) in [6.07, 6.45) is 0.150. The Hall–Kier alpha value is -3.72. The van der Waals surface area contributed by atoms with Crippen LogP contribution in [0.4, 0.5) is 10.1 Å². The fourth-order valence-electron chi connectivity index (χ4n) is 3.55. The Morgan fingerprint density at radius 1 is 1.16 bits per heavy atom. The Morgan fingerprint density at radius 2 is 1.84 bits per heavy atom. The number of ether oxygens (including phenoxy) is 1. The van der Waals surface area contributed by atoms with Gasteiger partial charge in [-0.3, -0.25) is 9.59 Å². The van der Waals surface area contributed by atoms with E-state index in [0.717, 1.165) is 16.9 Å². The first-order valence-electron chi connectivity index (χ1n) is 9.30. The average Bonchev–Trinajstić information content (AvgIpc) is 3.12. The van der Waals surface area contributed by atoms with Crippen LogP contribution < -0.4 is 15.8 Å². The molecule has 1 aliphatic rings. The molecule has 2 aromatic carbocycles. The highest BCUT2D eigenvalue weighted by Gasteiger charge is 2.34. The van der Waals surface area contributed by atoms with E-state index in [-0.39, 0.29) is 29.7 Å². The lowest BCUT2D eigenvalue weighted by molar-refractivity contribution is -0.120. The zero-order valence-corrected chi connectivity index (χ0v) is 16.9. The van der Waals surface area contributed by atoms with E-state index in [9.17, 15) is 23.9 Å². The van der Waals surface area contributed by atoms with Gasteiger partial charge in [-0.1, -0.05) is 24.3 Å². The lowest BCUT2D eigenvalue weighted by atomic mass is 9.88. The van der Waals surface area contributed by atoms with Crippen molar-refractivity contribution >= 4 is 34.8 Å². The lowest BCUT2D eigenvalue weighted by Gasteiger charge is -2.24. The summed E-state index contributed by atoms with van der Waals surface area (Å²) in [5, 5.41) is 12.6. The van der Waals surface area contributed by atoms with Gasteiger partial charge in [0.25, 0.3) is 5.91 Å². The predicted octanol–water partition coefficient (Wildman–Crippen LogP) is 3.59. The van der Waals surface area contributed by atoms with E-state index in [4.69, 9.17) is 10.5 Å². The third-order valence-electron chi connectivity index (χ3n) is 4.90. The molecule has 1 atom stereocenters. The van der Waals surface area contributed by atoms with Crippen molar-refractivity contribution in [3.63, 3.8) is 0 Å². The molecule has 1 aromatic heterocycles. The van der Waals surface area contributed by atoms with Gasteiger partial charge in [-0.25, -0.2) is 9.18 Å². The number of nitrogens with two attached hydrogens (primary N) is 1. The van der Waals surface area contributed by atoms with E-state index in [1.165, 1.54) is 24.3 Å². The minimum Gasteiger partial charge on any atom is -0.484 e. The van der Waals surface area contributed by atoms with E-state index in [2.05, 4.69) is 5.32 Å². The van der Waals surface area contributed by atoms with E-state index >= 15 is 0 Å². The molecule has 7 nitrogen and oxygen atoms in total. The second-order valence-corrected chi connectivity index (χ2v) is 8.04. The molecule has 4 rings (SSSR count). The van der Waals surface area contributed by atoms with Gasteiger partial charge in [-0.15, -0.1) is 11.3 Å². The molecule has 4 N–H and O–H groups in total. The molecule has 0 radical (unpaired) electrons. The first-order valence-corrected chi connectivity index (χ1v) is 10.1. The molecule has 1 unspecified atom stereocenters. The van der Waals surface area contributed by atoms with Crippen LogP contribution >= 0.6 is 11.3 Å². The van der Waals surface area contributed by atoms with Crippen LogP contribution in [0.1, 0.15) is 32.5 Å². The lowest BCUT2D eigenvalue weighted by Crippen LogP contribution is -2.22. The second-order valence-electron chi connectivity index (χ2n) is 6.99. The molecule has 1 aliphatic heterocycles. The topological polar surface area (TPSA) is 119 Å². The van der Waals surface area contributed by atoms with E-state index in [1.54, 1.807) is 24.3 Å². The number of carboxylic acids is 1. The van der Waals surface area contributed by atoms with Crippen molar-refractivity contribution < 1.29 is 28.6 Å². The number of aromatic carboxylic acids is 1. The van der Waals surface area contributed by atoms with Gasteiger partial charge in [0, 0.05) is 22.8 Å². The molecule has 2 amide bonds. The van der Waals surface area contributed by atoms with Crippen LogP contribution in [0.5, 0.6) is 5.75 Å². The number of carbonyl (C=O) groups is 3. The number of rotatable bonds is 6. The van der Waals surface area contributed by atoms with Crippen molar-refractivity contribution in [3.8, 4) is 16.9 Å². The number of anilines is 1.